The van der Waals surface area contributed by atoms with E-state index in [1.165, 1.54) is 0 Å². The smallest absolute Gasteiger partial charge is 0.167 e. The summed E-state index contributed by atoms with van der Waals surface area (Å²) in [6.07, 6.45) is 4.71. The molecule has 0 aliphatic carbocycles. The number of nitriles is 1. The van der Waals surface area contributed by atoms with Gasteiger partial charge in [0.05, 0.1) is 48.6 Å². The van der Waals surface area contributed by atoms with Crippen LogP contribution in [0.3, 0.4) is 0 Å². The largest absolute Gasteiger partial charge is 0.396 e. The van der Waals surface area contributed by atoms with E-state index in [1.807, 2.05) is 12.1 Å². The van der Waals surface area contributed by atoms with Crippen LogP contribution in [0.1, 0.15) is 13.3 Å². The number of ether oxygens (including phenoxy) is 1. The molecule has 3 aromatic heterocycles. The number of anilines is 3. The van der Waals surface area contributed by atoms with Crippen LogP contribution in [0.15, 0.2) is 30.6 Å². The van der Waals surface area contributed by atoms with Crippen LogP contribution >= 0.6 is 0 Å². The minimum atomic E-state index is -0.371. The number of hydrogen-bond acceptors (Lipinski definition) is 8. The fourth-order valence-electron chi connectivity index (χ4n) is 3.86. The molecule has 0 unspecified atom stereocenters. The molecule has 5 rings (SSSR count). The van der Waals surface area contributed by atoms with Gasteiger partial charge in [0, 0.05) is 18.0 Å². The molecule has 3 aromatic rings. The van der Waals surface area contributed by atoms with Crippen LogP contribution in [0, 0.1) is 11.3 Å². The molecule has 5 heterocycles. The van der Waals surface area contributed by atoms with Gasteiger partial charge in [-0.3, -0.25) is 0 Å². The number of pyridine rings is 2. The van der Waals surface area contributed by atoms with Gasteiger partial charge in [-0.1, -0.05) is 0 Å². The Balaban J connectivity index is 1.53. The number of nitrogens with one attached hydrogen (secondary N) is 1. The molecule has 142 valence electrons. The molecule has 2 aliphatic rings. The van der Waals surface area contributed by atoms with Gasteiger partial charge in [0.25, 0.3) is 0 Å². The van der Waals surface area contributed by atoms with E-state index < -0.39 is 0 Å². The number of nitrogen functional groups attached to an aromatic ring is 1. The van der Waals surface area contributed by atoms with Gasteiger partial charge >= 0.3 is 0 Å². The second-order valence-corrected chi connectivity index (χ2v) is 7.26. The zero-order valence-corrected chi connectivity index (χ0v) is 15.4. The van der Waals surface area contributed by atoms with Crippen molar-refractivity contribution in [2.75, 3.05) is 29.1 Å². The van der Waals surface area contributed by atoms with E-state index in [-0.39, 0.29) is 6.04 Å². The van der Waals surface area contributed by atoms with E-state index >= 15 is 0 Å². The number of nitrogens with two attached hydrogens (primary N) is 1. The normalized spacial score (nSPS) is 21.8. The molecule has 0 aromatic carbocycles. The van der Waals surface area contributed by atoms with Gasteiger partial charge in [-0.05, 0) is 25.5 Å². The van der Waals surface area contributed by atoms with Gasteiger partial charge in [0.1, 0.15) is 11.9 Å². The second kappa shape index (κ2) is 6.35. The van der Waals surface area contributed by atoms with Gasteiger partial charge in [-0.25, -0.2) is 9.97 Å². The lowest BCUT2D eigenvalue weighted by Crippen LogP contribution is -2.37. The van der Waals surface area contributed by atoms with Crippen molar-refractivity contribution in [3.05, 3.63) is 30.6 Å². The molecule has 28 heavy (non-hydrogen) atoms. The predicted molar refractivity (Wildman–Crippen MR) is 105 cm³/mol. The Morgan fingerprint density at radius 2 is 2.25 bits per heavy atom. The molecule has 0 spiro atoms. The van der Waals surface area contributed by atoms with E-state index in [4.69, 9.17) is 20.7 Å². The van der Waals surface area contributed by atoms with E-state index in [0.717, 1.165) is 36.4 Å². The number of aromatic nitrogens is 4. The summed E-state index contributed by atoms with van der Waals surface area (Å²) in [4.78, 5) is 11.6. The third-order valence-corrected chi connectivity index (χ3v) is 5.30. The first-order chi connectivity index (χ1) is 13.6. The molecule has 2 fully saturated rings. The van der Waals surface area contributed by atoms with Crippen LogP contribution in [0.2, 0.25) is 0 Å². The van der Waals surface area contributed by atoms with Crippen LogP contribution in [-0.4, -0.2) is 51.1 Å². The lowest BCUT2D eigenvalue weighted by atomic mass is 10.2. The molecule has 0 radical (unpaired) electrons. The maximum Gasteiger partial charge on any atom is 0.167 e. The quantitative estimate of drug-likeness (QED) is 0.706. The molecule has 2 bridgehead atoms. The van der Waals surface area contributed by atoms with Gasteiger partial charge in [0.15, 0.2) is 11.5 Å². The van der Waals surface area contributed by atoms with Crippen molar-refractivity contribution in [2.24, 2.45) is 0 Å². The van der Waals surface area contributed by atoms with Crippen molar-refractivity contribution >= 4 is 28.2 Å². The lowest BCUT2D eigenvalue weighted by Gasteiger charge is -2.27. The van der Waals surface area contributed by atoms with E-state index in [1.54, 1.807) is 30.1 Å². The Morgan fingerprint density at radius 1 is 1.36 bits per heavy atom. The molecule has 0 saturated carbocycles. The number of hydrogen-bond donors (Lipinski definition) is 2. The van der Waals surface area contributed by atoms with E-state index in [0.29, 0.717) is 29.3 Å². The third-order valence-electron chi connectivity index (χ3n) is 5.30. The van der Waals surface area contributed by atoms with Gasteiger partial charge in [-0.15, -0.1) is 0 Å². The molecule has 3 N–H and O–H groups in total. The predicted octanol–water partition coefficient (Wildman–Crippen LogP) is 1.70. The highest BCUT2D eigenvalue weighted by atomic mass is 16.5. The molecule has 2 aliphatic heterocycles. The number of morpholine rings is 1. The van der Waals surface area contributed by atoms with Crippen LogP contribution < -0.4 is 16.0 Å². The summed E-state index contributed by atoms with van der Waals surface area (Å²) in [5.41, 5.74) is 7.86. The first-order valence-corrected chi connectivity index (χ1v) is 9.27. The van der Waals surface area contributed by atoms with Crippen molar-refractivity contribution in [3.63, 3.8) is 0 Å². The highest BCUT2D eigenvalue weighted by molar-refractivity contribution is 5.79. The Hall–Kier alpha value is -3.38. The summed E-state index contributed by atoms with van der Waals surface area (Å²) in [7, 11) is 0. The summed E-state index contributed by atoms with van der Waals surface area (Å²) in [6.45, 7) is 3.40. The summed E-state index contributed by atoms with van der Waals surface area (Å²) in [5.74, 6) is 1.52. The fourth-order valence-corrected chi connectivity index (χ4v) is 3.86. The van der Waals surface area contributed by atoms with Crippen LogP contribution in [0.4, 0.5) is 17.2 Å². The summed E-state index contributed by atoms with van der Waals surface area (Å²) in [6, 6.07) is 8.01. The molecule has 9 nitrogen and oxygen atoms in total. The first kappa shape index (κ1) is 16.8. The van der Waals surface area contributed by atoms with Crippen molar-refractivity contribution in [1.29, 1.82) is 5.26 Å². The maximum absolute atomic E-state index is 9.05. The minimum Gasteiger partial charge on any atom is -0.396 e. The standard InChI is InChI=1S/C19H20N8O/c1-11(6-20)24-16-5-18(22-8-15(16)21)27-19-12(7-23-27)2-3-17(25-19)26-9-14-4-13(26)10-28-14/h2-3,5,7-8,11,13-14H,4,9-10,21H2,1H3,(H,22,24)/t11-,13-,14-/m1/s1. The average Bonchev–Trinajstić information content (AvgIpc) is 3.44. The summed E-state index contributed by atoms with van der Waals surface area (Å²) < 4.78 is 7.40. The summed E-state index contributed by atoms with van der Waals surface area (Å²) >= 11 is 0. The first-order valence-electron chi connectivity index (χ1n) is 9.27. The molecule has 2 saturated heterocycles. The van der Waals surface area contributed by atoms with Gasteiger partial charge < -0.3 is 20.7 Å². The molecular formula is C19H20N8O. The monoisotopic (exact) mass is 376 g/mol. The Kier molecular flexibility index (Phi) is 3.80. The molecular weight excluding hydrogens is 356 g/mol. The Morgan fingerprint density at radius 3 is 3.00 bits per heavy atom. The van der Waals surface area contributed by atoms with Crippen LogP contribution in [-0.2, 0) is 4.74 Å². The SMILES string of the molecule is C[C@H](C#N)Nc1cc(-n2ncc3ccc(N4C[C@H]5C[C@@H]4CO5)nc32)ncc1N. The molecule has 0 amide bonds. The van der Waals surface area contributed by atoms with Gasteiger partial charge in [0.2, 0.25) is 0 Å². The minimum absolute atomic E-state index is 0.307. The van der Waals surface area contributed by atoms with Crippen molar-refractivity contribution in [1.82, 2.24) is 19.7 Å². The van der Waals surface area contributed by atoms with Crippen molar-refractivity contribution in [2.45, 2.75) is 31.5 Å². The van der Waals surface area contributed by atoms with Crippen molar-refractivity contribution in [3.8, 4) is 11.9 Å². The lowest BCUT2D eigenvalue weighted by molar-refractivity contribution is 0.0989. The Bertz CT molecular complexity index is 1090. The zero-order chi connectivity index (χ0) is 19.3. The molecule has 9 heteroatoms. The number of nitrogens with zero attached hydrogens (tertiary/aromatic N) is 6. The Labute approximate surface area is 161 Å². The topological polar surface area (TPSA) is 118 Å². The second-order valence-electron chi connectivity index (χ2n) is 7.26. The third kappa shape index (κ3) is 2.70. The highest BCUT2D eigenvalue weighted by Gasteiger charge is 2.39. The van der Waals surface area contributed by atoms with E-state index in [9.17, 15) is 0 Å². The van der Waals surface area contributed by atoms with Crippen LogP contribution in [0.25, 0.3) is 16.9 Å². The fraction of sp³-hybridized carbons (Fsp3) is 0.368. The van der Waals surface area contributed by atoms with Crippen molar-refractivity contribution < 1.29 is 4.74 Å². The summed E-state index contributed by atoms with van der Waals surface area (Å²) in [5, 5.41) is 17.5. The number of fused-ring (bicyclic) bond motifs is 3. The zero-order valence-electron chi connectivity index (χ0n) is 15.4. The van der Waals surface area contributed by atoms with Gasteiger partial charge in [-0.2, -0.15) is 15.0 Å². The number of rotatable bonds is 4. The van der Waals surface area contributed by atoms with Crippen LogP contribution in [0.5, 0.6) is 0 Å². The molecule has 3 atom stereocenters. The highest BCUT2D eigenvalue weighted by Crippen LogP contribution is 2.32. The average molecular weight is 376 g/mol. The maximum atomic E-state index is 9.05. The van der Waals surface area contributed by atoms with E-state index in [2.05, 4.69) is 26.4 Å².